The summed E-state index contributed by atoms with van der Waals surface area (Å²) in [6, 6.07) is 7.75. The lowest BCUT2D eigenvalue weighted by Crippen LogP contribution is -2.26. The van der Waals surface area contributed by atoms with Crippen LogP contribution >= 0.6 is 0 Å². The van der Waals surface area contributed by atoms with Crippen LogP contribution in [0.4, 0.5) is 0 Å². The molecule has 0 saturated carbocycles. The van der Waals surface area contributed by atoms with E-state index >= 15 is 0 Å². The highest BCUT2D eigenvalue weighted by Crippen LogP contribution is 2.14. The third kappa shape index (κ3) is 4.31. The summed E-state index contributed by atoms with van der Waals surface area (Å²) in [4.78, 5) is 11.9. The van der Waals surface area contributed by atoms with Crippen LogP contribution in [0.5, 0.6) is 0 Å². The highest BCUT2D eigenvalue weighted by atomic mass is 16.5. The molecule has 0 bridgehead atoms. The monoisotopic (exact) mass is 234 g/mol. The highest BCUT2D eigenvalue weighted by molar-refractivity contribution is 5.97. The van der Waals surface area contributed by atoms with Gasteiger partial charge in [0.15, 0.2) is 5.78 Å². The van der Waals surface area contributed by atoms with Crippen molar-refractivity contribution < 1.29 is 9.53 Å². The van der Waals surface area contributed by atoms with E-state index in [2.05, 4.69) is 13.8 Å². The molecule has 0 aromatic heterocycles. The van der Waals surface area contributed by atoms with Gasteiger partial charge in [-0.15, -0.1) is 0 Å². The number of benzene rings is 1. The van der Waals surface area contributed by atoms with Crippen LogP contribution in [0.2, 0.25) is 0 Å². The Morgan fingerprint density at radius 1 is 1.18 bits per heavy atom. The third-order valence-corrected chi connectivity index (χ3v) is 3.13. The Morgan fingerprint density at radius 3 is 2.24 bits per heavy atom. The Labute approximate surface area is 104 Å². The fourth-order valence-electron chi connectivity index (χ4n) is 1.37. The Bertz CT molecular complexity index is 363. The second-order valence-corrected chi connectivity index (χ2v) is 4.88. The zero-order valence-electron chi connectivity index (χ0n) is 11.2. The second kappa shape index (κ2) is 5.97. The average Bonchev–Trinajstić information content (AvgIpc) is 2.36. The fraction of sp³-hybridized carbons (Fsp3) is 0.533. The molecule has 0 aliphatic heterocycles. The minimum atomic E-state index is -0.223. The van der Waals surface area contributed by atoms with Crippen molar-refractivity contribution in [2.75, 3.05) is 6.61 Å². The third-order valence-electron chi connectivity index (χ3n) is 3.13. The molecule has 0 fully saturated rings. The van der Waals surface area contributed by atoms with Crippen molar-refractivity contribution in [3.05, 3.63) is 35.4 Å². The zero-order valence-corrected chi connectivity index (χ0v) is 11.2. The molecule has 1 aromatic carbocycles. The Hall–Kier alpha value is -1.15. The summed E-state index contributed by atoms with van der Waals surface area (Å²) in [5.74, 6) is 0.0502. The number of ketones is 1. The van der Waals surface area contributed by atoms with Crippen molar-refractivity contribution >= 4 is 5.78 Å². The molecule has 0 saturated heterocycles. The lowest BCUT2D eigenvalue weighted by atomic mass is 10.1. The average molecular weight is 234 g/mol. The molecule has 1 rings (SSSR count). The Morgan fingerprint density at radius 2 is 1.76 bits per heavy atom. The van der Waals surface area contributed by atoms with Gasteiger partial charge >= 0.3 is 0 Å². The first kappa shape index (κ1) is 13.9. The van der Waals surface area contributed by atoms with E-state index in [1.54, 1.807) is 0 Å². The van der Waals surface area contributed by atoms with E-state index in [9.17, 15) is 4.79 Å². The largest absolute Gasteiger partial charge is 0.367 e. The molecule has 2 nitrogen and oxygen atoms in total. The topological polar surface area (TPSA) is 26.3 Å². The summed E-state index contributed by atoms with van der Waals surface area (Å²) < 4.78 is 5.60. The number of carbonyl (C=O) groups is 1. The van der Waals surface area contributed by atoms with Crippen molar-refractivity contribution in [2.45, 2.75) is 46.1 Å². The maximum atomic E-state index is 11.9. The van der Waals surface area contributed by atoms with Crippen LogP contribution < -0.4 is 0 Å². The number of ether oxygens (including phenoxy) is 1. The molecule has 0 unspecified atom stereocenters. The van der Waals surface area contributed by atoms with E-state index in [4.69, 9.17) is 4.74 Å². The molecule has 2 heteroatoms. The first-order chi connectivity index (χ1) is 7.98. The summed E-state index contributed by atoms with van der Waals surface area (Å²) in [5.41, 5.74) is 1.75. The van der Waals surface area contributed by atoms with Crippen LogP contribution in [0.15, 0.2) is 24.3 Å². The van der Waals surface area contributed by atoms with Crippen LogP contribution in [0.25, 0.3) is 0 Å². The molecule has 0 heterocycles. The first-order valence-electron chi connectivity index (χ1n) is 6.24. The second-order valence-electron chi connectivity index (χ2n) is 4.88. The van der Waals surface area contributed by atoms with E-state index < -0.39 is 0 Å². The summed E-state index contributed by atoms with van der Waals surface area (Å²) in [5, 5.41) is 0. The Balaban J connectivity index is 2.58. The van der Waals surface area contributed by atoms with Crippen LogP contribution in [-0.4, -0.2) is 18.0 Å². The van der Waals surface area contributed by atoms with Crippen molar-refractivity contribution in [3.8, 4) is 0 Å². The maximum Gasteiger partial charge on any atom is 0.188 e. The van der Waals surface area contributed by atoms with E-state index in [-0.39, 0.29) is 18.0 Å². The van der Waals surface area contributed by atoms with Gasteiger partial charge < -0.3 is 4.74 Å². The molecule has 0 spiro atoms. The molecule has 17 heavy (non-hydrogen) atoms. The van der Waals surface area contributed by atoms with Gasteiger partial charge in [-0.25, -0.2) is 0 Å². The van der Waals surface area contributed by atoms with Crippen LogP contribution in [-0.2, 0) is 11.2 Å². The number of hydrogen-bond acceptors (Lipinski definition) is 2. The van der Waals surface area contributed by atoms with E-state index in [1.807, 2.05) is 38.1 Å². The smallest absolute Gasteiger partial charge is 0.188 e. The van der Waals surface area contributed by atoms with Gasteiger partial charge in [0.25, 0.3) is 0 Å². The van der Waals surface area contributed by atoms with E-state index in [0.717, 1.165) is 18.4 Å². The fourth-order valence-corrected chi connectivity index (χ4v) is 1.37. The van der Waals surface area contributed by atoms with Gasteiger partial charge in [-0.1, -0.05) is 38.1 Å². The predicted octanol–water partition coefficient (Wildman–Crippen LogP) is 3.64. The molecule has 0 amide bonds. The number of rotatable bonds is 6. The molecule has 0 aliphatic carbocycles. The molecule has 0 N–H and O–H groups in total. The summed E-state index contributed by atoms with van der Waals surface area (Å²) >= 11 is 0. The zero-order chi connectivity index (χ0) is 12.9. The van der Waals surface area contributed by atoms with E-state index in [1.165, 1.54) is 5.56 Å². The Kier molecular flexibility index (Phi) is 4.88. The minimum absolute atomic E-state index is 0.0502. The predicted molar refractivity (Wildman–Crippen MR) is 70.5 cm³/mol. The SMILES string of the molecule is CCc1ccc(C(=O)COC(C)(C)CC)cc1. The van der Waals surface area contributed by atoms with Gasteiger partial charge in [0, 0.05) is 5.56 Å². The number of hydrogen-bond donors (Lipinski definition) is 0. The summed E-state index contributed by atoms with van der Waals surface area (Å²) in [6.07, 6.45) is 1.89. The number of Topliss-reactive ketones (excluding diaryl/α,β-unsaturated/α-hetero) is 1. The summed E-state index contributed by atoms with van der Waals surface area (Å²) in [7, 11) is 0. The van der Waals surface area contributed by atoms with Gasteiger partial charge in [-0.3, -0.25) is 4.79 Å². The van der Waals surface area contributed by atoms with Crippen LogP contribution in [0.1, 0.15) is 50.0 Å². The quantitative estimate of drug-likeness (QED) is 0.702. The van der Waals surface area contributed by atoms with Crippen molar-refractivity contribution in [2.24, 2.45) is 0 Å². The van der Waals surface area contributed by atoms with Crippen LogP contribution in [0, 0.1) is 0 Å². The molecule has 1 aromatic rings. The van der Waals surface area contributed by atoms with Gasteiger partial charge in [0.2, 0.25) is 0 Å². The van der Waals surface area contributed by atoms with Gasteiger partial charge in [0.05, 0.1) is 5.60 Å². The summed E-state index contributed by atoms with van der Waals surface area (Å²) in [6.45, 7) is 8.32. The normalized spacial score (nSPS) is 11.5. The van der Waals surface area contributed by atoms with Crippen molar-refractivity contribution in [3.63, 3.8) is 0 Å². The standard InChI is InChI=1S/C15H22O2/c1-5-12-7-9-13(10-8-12)14(16)11-17-15(3,4)6-2/h7-10H,5-6,11H2,1-4H3. The lowest BCUT2D eigenvalue weighted by molar-refractivity contribution is -0.0122. The maximum absolute atomic E-state index is 11.9. The minimum Gasteiger partial charge on any atom is -0.367 e. The van der Waals surface area contributed by atoms with Crippen molar-refractivity contribution in [1.29, 1.82) is 0 Å². The first-order valence-corrected chi connectivity index (χ1v) is 6.24. The molecular weight excluding hydrogens is 212 g/mol. The van der Waals surface area contributed by atoms with Gasteiger partial charge in [-0.05, 0) is 32.3 Å². The molecule has 94 valence electrons. The highest BCUT2D eigenvalue weighted by Gasteiger charge is 2.17. The molecule has 0 atom stereocenters. The molecular formula is C15H22O2. The molecule has 0 radical (unpaired) electrons. The van der Waals surface area contributed by atoms with Gasteiger partial charge in [0.1, 0.15) is 6.61 Å². The number of aryl methyl sites for hydroxylation is 1. The molecule has 0 aliphatic rings. The van der Waals surface area contributed by atoms with Crippen molar-refractivity contribution in [1.82, 2.24) is 0 Å². The number of carbonyl (C=O) groups excluding carboxylic acids is 1. The van der Waals surface area contributed by atoms with E-state index in [0.29, 0.717) is 0 Å². The van der Waals surface area contributed by atoms with Crippen LogP contribution in [0.3, 0.4) is 0 Å². The van der Waals surface area contributed by atoms with Gasteiger partial charge in [-0.2, -0.15) is 0 Å². The lowest BCUT2D eigenvalue weighted by Gasteiger charge is -2.22.